The molecular formula is C19H20Cl2N2O2. The van der Waals surface area contributed by atoms with Gasteiger partial charge in [-0.2, -0.15) is 0 Å². The SMILES string of the molecule is CC(Cl)CN(CC(C)Cl)c1ccc2c(c1)Cc1cc([N+](=O)[O-])ccc1-2. The molecule has 25 heavy (non-hydrogen) atoms. The van der Waals surface area contributed by atoms with Gasteiger partial charge in [-0.1, -0.05) is 6.07 Å². The first-order valence-corrected chi connectivity index (χ1v) is 9.16. The predicted molar refractivity (Wildman–Crippen MR) is 104 cm³/mol. The second kappa shape index (κ2) is 7.22. The molecule has 0 aliphatic heterocycles. The van der Waals surface area contributed by atoms with Crippen LogP contribution in [0.1, 0.15) is 25.0 Å². The van der Waals surface area contributed by atoms with Crippen molar-refractivity contribution in [2.45, 2.75) is 31.0 Å². The Morgan fingerprint density at radius 3 is 2.16 bits per heavy atom. The van der Waals surface area contributed by atoms with Gasteiger partial charge in [0.1, 0.15) is 0 Å². The van der Waals surface area contributed by atoms with Gasteiger partial charge in [0.05, 0.1) is 4.92 Å². The summed E-state index contributed by atoms with van der Waals surface area (Å²) in [4.78, 5) is 12.8. The van der Waals surface area contributed by atoms with Crippen molar-refractivity contribution >= 4 is 34.6 Å². The quantitative estimate of drug-likeness (QED) is 0.335. The summed E-state index contributed by atoms with van der Waals surface area (Å²) in [5, 5.41) is 11.0. The summed E-state index contributed by atoms with van der Waals surface area (Å²) in [5.41, 5.74) is 5.63. The van der Waals surface area contributed by atoms with Crippen LogP contribution >= 0.6 is 23.2 Å². The zero-order valence-corrected chi connectivity index (χ0v) is 15.7. The Bertz CT molecular complexity index is 796. The van der Waals surface area contributed by atoms with Crippen LogP contribution in [0.4, 0.5) is 11.4 Å². The van der Waals surface area contributed by atoms with Gasteiger partial charge in [0, 0.05) is 41.7 Å². The fourth-order valence-corrected chi connectivity index (χ4v) is 3.72. The van der Waals surface area contributed by atoms with Crippen LogP contribution in [0.25, 0.3) is 11.1 Å². The van der Waals surface area contributed by atoms with Crippen LogP contribution in [0.15, 0.2) is 36.4 Å². The molecule has 0 heterocycles. The number of hydrogen-bond acceptors (Lipinski definition) is 3. The lowest BCUT2D eigenvalue weighted by molar-refractivity contribution is -0.384. The van der Waals surface area contributed by atoms with Crippen molar-refractivity contribution in [3.63, 3.8) is 0 Å². The average Bonchev–Trinajstić information content (AvgIpc) is 2.89. The zero-order valence-electron chi connectivity index (χ0n) is 14.2. The molecule has 0 N–H and O–H groups in total. The second-order valence-electron chi connectivity index (χ2n) is 6.58. The first-order valence-electron chi connectivity index (χ1n) is 8.29. The molecule has 4 nitrogen and oxygen atoms in total. The fraction of sp³-hybridized carbons (Fsp3) is 0.368. The van der Waals surface area contributed by atoms with E-state index in [-0.39, 0.29) is 21.4 Å². The zero-order chi connectivity index (χ0) is 18.1. The third-order valence-electron chi connectivity index (χ3n) is 4.37. The minimum atomic E-state index is -0.347. The number of anilines is 1. The third kappa shape index (κ3) is 3.91. The van der Waals surface area contributed by atoms with Gasteiger partial charge in [0.15, 0.2) is 0 Å². The average molecular weight is 379 g/mol. The maximum Gasteiger partial charge on any atom is 0.269 e. The minimum absolute atomic E-state index is 0.0171. The van der Waals surface area contributed by atoms with E-state index < -0.39 is 0 Å². The second-order valence-corrected chi connectivity index (χ2v) is 8.07. The molecule has 2 aromatic carbocycles. The lowest BCUT2D eigenvalue weighted by Gasteiger charge is -2.27. The molecular weight excluding hydrogens is 359 g/mol. The highest BCUT2D eigenvalue weighted by atomic mass is 35.5. The standard InChI is InChI=1S/C19H20Cl2N2O2/c1-12(20)10-22(11-13(2)21)16-3-5-18-14(8-16)7-15-9-17(23(24)25)4-6-19(15)18/h3-6,8-9,12-13H,7,10-11H2,1-2H3. The number of hydrogen-bond donors (Lipinski definition) is 0. The maximum atomic E-state index is 11.0. The van der Waals surface area contributed by atoms with E-state index in [1.54, 1.807) is 12.1 Å². The monoisotopic (exact) mass is 378 g/mol. The molecule has 3 rings (SSSR count). The van der Waals surface area contributed by atoms with Crippen LogP contribution < -0.4 is 4.90 Å². The van der Waals surface area contributed by atoms with Crippen molar-refractivity contribution < 1.29 is 4.92 Å². The molecule has 132 valence electrons. The molecule has 0 spiro atoms. The molecule has 0 amide bonds. The largest absolute Gasteiger partial charge is 0.369 e. The van der Waals surface area contributed by atoms with E-state index in [2.05, 4.69) is 23.1 Å². The maximum absolute atomic E-state index is 11.0. The van der Waals surface area contributed by atoms with Gasteiger partial charge in [-0.05, 0) is 60.7 Å². The summed E-state index contributed by atoms with van der Waals surface area (Å²) in [6.07, 6.45) is 0.709. The molecule has 2 aromatic rings. The van der Waals surface area contributed by atoms with Crippen molar-refractivity contribution in [2.24, 2.45) is 0 Å². The van der Waals surface area contributed by atoms with Crippen LogP contribution in [0.3, 0.4) is 0 Å². The summed E-state index contributed by atoms with van der Waals surface area (Å²) < 4.78 is 0. The van der Waals surface area contributed by atoms with Gasteiger partial charge in [-0.3, -0.25) is 10.1 Å². The number of nitro benzene ring substituents is 1. The molecule has 0 aromatic heterocycles. The number of halogens is 2. The first-order chi connectivity index (χ1) is 11.8. The van der Waals surface area contributed by atoms with E-state index in [0.717, 1.165) is 35.5 Å². The first kappa shape index (κ1) is 18.0. The Kier molecular flexibility index (Phi) is 5.21. The van der Waals surface area contributed by atoms with E-state index in [0.29, 0.717) is 6.42 Å². The van der Waals surface area contributed by atoms with Crippen molar-refractivity contribution in [1.29, 1.82) is 0 Å². The number of benzene rings is 2. The molecule has 0 saturated heterocycles. The van der Waals surface area contributed by atoms with Gasteiger partial charge >= 0.3 is 0 Å². The molecule has 0 fully saturated rings. The Labute approximate surface area is 157 Å². The summed E-state index contributed by atoms with van der Waals surface area (Å²) >= 11 is 12.4. The van der Waals surface area contributed by atoms with E-state index in [1.165, 1.54) is 5.56 Å². The molecule has 0 bridgehead atoms. The van der Waals surface area contributed by atoms with Gasteiger partial charge in [0.2, 0.25) is 0 Å². The topological polar surface area (TPSA) is 46.4 Å². The molecule has 0 radical (unpaired) electrons. The third-order valence-corrected chi connectivity index (χ3v) is 4.64. The number of rotatable bonds is 6. The molecule has 1 aliphatic rings. The van der Waals surface area contributed by atoms with E-state index >= 15 is 0 Å². The van der Waals surface area contributed by atoms with Gasteiger partial charge in [-0.15, -0.1) is 23.2 Å². The molecule has 1 aliphatic carbocycles. The van der Waals surface area contributed by atoms with Gasteiger partial charge < -0.3 is 4.90 Å². The Balaban J connectivity index is 1.92. The Morgan fingerprint density at radius 2 is 1.60 bits per heavy atom. The van der Waals surface area contributed by atoms with Gasteiger partial charge in [-0.25, -0.2) is 0 Å². The number of non-ortho nitro benzene ring substituents is 1. The van der Waals surface area contributed by atoms with Crippen LogP contribution in [-0.4, -0.2) is 28.8 Å². The van der Waals surface area contributed by atoms with E-state index in [9.17, 15) is 10.1 Å². The minimum Gasteiger partial charge on any atom is -0.369 e. The molecule has 6 heteroatoms. The van der Waals surface area contributed by atoms with Gasteiger partial charge in [0.25, 0.3) is 5.69 Å². The number of fused-ring (bicyclic) bond motifs is 3. The molecule has 2 unspecified atom stereocenters. The van der Waals surface area contributed by atoms with E-state index in [4.69, 9.17) is 23.2 Å². The van der Waals surface area contributed by atoms with Crippen molar-refractivity contribution in [2.75, 3.05) is 18.0 Å². The predicted octanol–water partition coefficient (Wildman–Crippen LogP) is 5.23. The van der Waals surface area contributed by atoms with Crippen molar-refractivity contribution in [1.82, 2.24) is 0 Å². The van der Waals surface area contributed by atoms with Crippen LogP contribution in [0, 0.1) is 10.1 Å². The van der Waals surface area contributed by atoms with Crippen LogP contribution in [-0.2, 0) is 6.42 Å². The highest BCUT2D eigenvalue weighted by Gasteiger charge is 2.22. The number of alkyl halides is 2. The van der Waals surface area contributed by atoms with E-state index in [1.807, 2.05) is 19.9 Å². The lowest BCUT2D eigenvalue weighted by atomic mass is 10.0. The molecule has 2 atom stereocenters. The fourth-order valence-electron chi connectivity index (χ4n) is 3.39. The smallest absolute Gasteiger partial charge is 0.269 e. The highest BCUT2D eigenvalue weighted by Crippen LogP contribution is 2.40. The number of nitro groups is 1. The summed E-state index contributed by atoms with van der Waals surface area (Å²) in [6.45, 7) is 5.37. The Morgan fingerprint density at radius 1 is 1.04 bits per heavy atom. The molecule has 0 saturated carbocycles. The lowest BCUT2D eigenvalue weighted by Crippen LogP contribution is -2.33. The summed E-state index contributed by atoms with van der Waals surface area (Å²) in [6, 6.07) is 11.4. The van der Waals surface area contributed by atoms with Crippen molar-refractivity contribution in [3.8, 4) is 11.1 Å². The number of nitrogens with zero attached hydrogens (tertiary/aromatic N) is 2. The normalized spacial score (nSPS) is 14.6. The summed E-state index contributed by atoms with van der Waals surface area (Å²) in [7, 11) is 0. The van der Waals surface area contributed by atoms with Crippen LogP contribution in [0.5, 0.6) is 0 Å². The highest BCUT2D eigenvalue weighted by molar-refractivity contribution is 6.21. The summed E-state index contributed by atoms with van der Waals surface area (Å²) in [5.74, 6) is 0. The Hall–Kier alpha value is -1.78. The van der Waals surface area contributed by atoms with Crippen molar-refractivity contribution in [3.05, 3.63) is 57.6 Å². The van der Waals surface area contributed by atoms with Crippen LogP contribution in [0.2, 0.25) is 0 Å².